The highest BCUT2D eigenvalue weighted by atomic mass is 16.2. The second-order valence-corrected chi connectivity index (χ2v) is 7.43. The molecule has 2 heterocycles. The van der Waals surface area contributed by atoms with Gasteiger partial charge in [-0.3, -0.25) is 14.5 Å². The molecule has 1 aliphatic rings. The first-order valence-electron chi connectivity index (χ1n) is 9.52. The lowest BCUT2D eigenvalue weighted by Crippen LogP contribution is -2.33. The first-order valence-corrected chi connectivity index (χ1v) is 9.52. The number of benzene rings is 2. The van der Waals surface area contributed by atoms with E-state index in [1.54, 1.807) is 12.5 Å². The Labute approximate surface area is 164 Å². The van der Waals surface area contributed by atoms with Gasteiger partial charge in [0.25, 0.3) is 0 Å². The lowest BCUT2D eigenvalue weighted by molar-refractivity contribution is -0.141. The lowest BCUT2D eigenvalue weighted by Gasteiger charge is -2.24. The third-order valence-corrected chi connectivity index (χ3v) is 5.44. The zero-order chi connectivity index (χ0) is 19.7. The normalized spacial score (nSPS) is 17.9. The van der Waals surface area contributed by atoms with E-state index in [0.717, 1.165) is 16.8 Å². The molecule has 2 amide bonds. The summed E-state index contributed by atoms with van der Waals surface area (Å²) in [4.78, 5) is 31.0. The van der Waals surface area contributed by atoms with Gasteiger partial charge >= 0.3 is 0 Å². The van der Waals surface area contributed by atoms with Crippen LogP contribution in [0.3, 0.4) is 0 Å². The van der Waals surface area contributed by atoms with E-state index in [1.165, 1.54) is 10.5 Å². The average molecular weight is 373 g/mol. The smallest absolute Gasteiger partial charge is 0.233 e. The number of aromatic nitrogens is 2. The molecular weight excluding hydrogens is 350 g/mol. The molecule has 0 saturated carbocycles. The van der Waals surface area contributed by atoms with E-state index in [9.17, 15) is 9.59 Å². The number of carbonyl (C=O) groups is 2. The van der Waals surface area contributed by atoms with Crippen molar-refractivity contribution in [2.24, 2.45) is 5.92 Å². The molecule has 0 unspecified atom stereocenters. The van der Waals surface area contributed by atoms with Gasteiger partial charge in [0.05, 0.1) is 18.3 Å². The molecule has 5 nitrogen and oxygen atoms in total. The molecule has 28 heavy (non-hydrogen) atoms. The van der Waals surface area contributed by atoms with Gasteiger partial charge < -0.3 is 4.57 Å². The van der Waals surface area contributed by atoms with Crippen molar-refractivity contribution in [3.63, 3.8) is 0 Å². The Morgan fingerprint density at radius 1 is 1.07 bits per heavy atom. The van der Waals surface area contributed by atoms with Gasteiger partial charge in [-0.05, 0) is 43.5 Å². The standard InChI is InChI=1S/C23H23N3O2/c1-16-3-5-18(6-4-16)13-20-14-22(27)26(23(20)28)17(2)19-7-9-21(10-8-19)25-12-11-24-15-25/h3-12,15,17,20H,13-14H2,1-2H3/t17-,20-/m1/s1. The molecule has 1 fully saturated rings. The number of amides is 2. The maximum absolute atomic E-state index is 12.9. The van der Waals surface area contributed by atoms with Crippen molar-refractivity contribution in [2.45, 2.75) is 32.7 Å². The number of hydrogen-bond donors (Lipinski definition) is 0. The van der Waals surface area contributed by atoms with E-state index in [1.807, 2.05) is 73.1 Å². The number of aryl methyl sites for hydroxylation is 1. The van der Waals surface area contributed by atoms with Crippen molar-refractivity contribution in [2.75, 3.05) is 0 Å². The summed E-state index contributed by atoms with van der Waals surface area (Å²) in [5, 5.41) is 0. The fourth-order valence-corrected chi connectivity index (χ4v) is 3.78. The van der Waals surface area contributed by atoms with Crippen molar-refractivity contribution in [3.8, 4) is 5.69 Å². The zero-order valence-electron chi connectivity index (χ0n) is 16.1. The summed E-state index contributed by atoms with van der Waals surface area (Å²) in [7, 11) is 0. The van der Waals surface area contributed by atoms with Crippen molar-refractivity contribution in [3.05, 3.63) is 83.9 Å². The van der Waals surface area contributed by atoms with E-state index in [-0.39, 0.29) is 30.2 Å². The number of hydrogen-bond acceptors (Lipinski definition) is 3. The molecule has 3 aromatic rings. The van der Waals surface area contributed by atoms with Crippen molar-refractivity contribution in [1.82, 2.24) is 14.5 Å². The summed E-state index contributed by atoms with van der Waals surface area (Å²) in [5.41, 5.74) is 4.22. The molecule has 0 bridgehead atoms. The predicted octanol–water partition coefficient (Wildman–Crippen LogP) is 3.86. The minimum Gasteiger partial charge on any atom is -0.306 e. The van der Waals surface area contributed by atoms with Crippen LogP contribution in [0.4, 0.5) is 0 Å². The number of nitrogens with zero attached hydrogens (tertiary/aromatic N) is 3. The maximum Gasteiger partial charge on any atom is 0.233 e. The number of carbonyl (C=O) groups excluding carboxylic acids is 2. The van der Waals surface area contributed by atoms with E-state index in [4.69, 9.17) is 0 Å². The van der Waals surface area contributed by atoms with Crippen LogP contribution in [-0.4, -0.2) is 26.3 Å². The lowest BCUT2D eigenvalue weighted by atomic mass is 9.97. The van der Waals surface area contributed by atoms with Gasteiger partial charge in [0.15, 0.2) is 0 Å². The molecule has 0 aliphatic carbocycles. The van der Waals surface area contributed by atoms with Crippen LogP contribution in [-0.2, 0) is 16.0 Å². The SMILES string of the molecule is Cc1ccc(C[C@@H]2CC(=O)N([C@H](C)c3ccc(-n4ccnc4)cc3)C2=O)cc1. The molecule has 4 rings (SSSR count). The fraction of sp³-hybridized carbons (Fsp3) is 0.261. The highest BCUT2D eigenvalue weighted by molar-refractivity contribution is 6.04. The highest BCUT2D eigenvalue weighted by Crippen LogP contribution is 2.31. The summed E-state index contributed by atoms with van der Waals surface area (Å²) in [6.45, 7) is 3.95. The molecule has 2 atom stereocenters. The number of rotatable bonds is 5. The van der Waals surface area contributed by atoms with Crippen LogP contribution in [0.15, 0.2) is 67.3 Å². The van der Waals surface area contributed by atoms with Crippen LogP contribution in [0.25, 0.3) is 5.69 Å². The summed E-state index contributed by atoms with van der Waals surface area (Å²) in [6, 6.07) is 15.8. The van der Waals surface area contributed by atoms with Crippen LogP contribution in [0, 0.1) is 12.8 Å². The number of imidazole rings is 1. The van der Waals surface area contributed by atoms with Gasteiger partial charge in [-0.15, -0.1) is 0 Å². The van der Waals surface area contributed by atoms with Gasteiger partial charge in [-0.2, -0.15) is 0 Å². The van der Waals surface area contributed by atoms with Crippen LogP contribution < -0.4 is 0 Å². The Kier molecular flexibility index (Phi) is 4.82. The fourth-order valence-electron chi connectivity index (χ4n) is 3.78. The molecule has 0 radical (unpaired) electrons. The quantitative estimate of drug-likeness (QED) is 0.638. The van der Waals surface area contributed by atoms with E-state index >= 15 is 0 Å². The first kappa shape index (κ1) is 18.2. The molecule has 2 aromatic carbocycles. The van der Waals surface area contributed by atoms with E-state index in [2.05, 4.69) is 4.98 Å². The second-order valence-electron chi connectivity index (χ2n) is 7.43. The molecule has 5 heteroatoms. The molecule has 0 spiro atoms. The number of imide groups is 1. The Bertz CT molecular complexity index is 976. The Morgan fingerprint density at radius 3 is 2.43 bits per heavy atom. The van der Waals surface area contributed by atoms with Crippen molar-refractivity contribution < 1.29 is 9.59 Å². The largest absolute Gasteiger partial charge is 0.306 e. The minimum atomic E-state index is -0.278. The van der Waals surface area contributed by atoms with Gasteiger partial charge in [0.2, 0.25) is 11.8 Å². The molecule has 1 aliphatic heterocycles. The van der Waals surface area contributed by atoms with Crippen LogP contribution >= 0.6 is 0 Å². The second kappa shape index (κ2) is 7.43. The zero-order valence-corrected chi connectivity index (χ0v) is 16.1. The third kappa shape index (κ3) is 3.48. The maximum atomic E-state index is 12.9. The Hall–Kier alpha value is -3.21. The highest BCUT2D eigenvalue weighted by Gasteiger charge is 2.41. The van der Waals surface area contributed by atoms with Gasteiger partial charge in [0, 0.05) is 24.5 Å². The predicted molar refractivity (Wildman–Crippen MR) is 107 cm³/mol. The summed E-state index contributed by atoms with van der Waals surface area (Å²) in [6.07, 6.45) is 6.23. The monoisotopic (exact) mass is 373 g/mol. The minimum absolute atomic E-state index is 0.0724. The average Bonchev–Trinajstić information content (AvgIpc) is 3.32. The summed E-state index contributed by atoms with van der Waals surface area (Å²) < 4.78 is 1.91. The van der Waals surface area contributed by atoms with Crippen LogP contribution in [0.1, 0.15) is 36.1 Å². The molecule has 1 saturated heterocycles. The topological polar surface area (TPSA) is 55.2 Å². The first-order chi connectivity index (χ1) is 13.5. The van der Waals surface area contributed by atoms with Crippen LogP contribution in [0.5, 0.6) is 0 Å². The van der Waals surface area contributed by atoms with Crippen molar-refractivity contribution in [1.29, 1.82) is 0 Å². The summed E-state index contributed by atoms with van der Waals surface area (Å²) in [5.74, 6) is -0.437. The van der Waals surface area contributed by atoms with Gasteiger partial charge in [-0.1, -0.05) is 42.0 Å². The third-order valence-electron chi connectivity index (χ3n) is 5.44. The molecule has 1 aromatic heterocycles. The van der Waals surface area contributed by atoms with E-state index in [0.29, 0.717) is 6.42 Å². The van der Waals surface area contributed by atoms with Gasteiger partial charge in [-0.25, -0.2) is 4.98 Å². The van der Waals surface area contributed by atoms with Crippen LogP contribution in [0.2, 0.25) is 0 Å². The summed E-state index contributed by atoms with van der Waals surface area (Å²) >= 11 is 0. The van der Waals surface area contributed by atoms with E-state index < -0.39 is 0 Å². The molecule has 0 N–H and O–H groups in total. The Balaban J connectivity index is 1.49. The molecular formula is C23H23N3O2. The Morgan fingerprint density at radius 2 is 1.79 bits per heavy atom. The van der Waals surface area contributed by atoms with Crippen molar-refractivity contribution >= 4 is 11.8 Å². The van der Waals surface area contributed by atoms with Gasteiger partial charge in [0.1, 0.15) is 0 Å². The number of likely N-dealkylation sites (tertiary alicyclic amines) is 1. The molecule has 142 valence electrons.